The van der Waals surface area contributed by atoms with Crippen LogP contribution < -0.4 is 4.74 Å². The summed E-state index contributed by atoms with van der Waals surface area (Å²) in [4.78, 5) is 0. The van der Waals surface area contributed by atoms with Gasteiger partial charge < -0.3 is 9.84 Å². The van der Waals surface area contributed by atoms with Crippen molar-refractivity contribution < 1.29 is 9.84 Å². The third kappa shape index (κ3) is 1.94. The fourth-order valence-corrected chi connectivity index (χ4v) is 6.47. The van der Waals surface area contributed by atoms with E-state index < -0.39 is 5.60 Å². The zero-order valence-electron chi connectivity index (χ0n) is 14.8. The maximum Gasteiger partial charge on any atom is 0.131 e. The summed E-state index contributed by atoms with van der Waals surface area (Å²) in [5.41, 5.74) is 2.03. The highest BCUT2D eigenvalue weighted by molar-refractivity contribution is 5.41. The van der Waals surface area contributed by atoms with Crippen molar-refractivity contribution in [2.24, 2.45) is 17.3 Å². The molecule has 1 aromatic rings. The van der Waals surface area contributed by atoms with Crippen molar-refractivity contribution in [1.29, 1.82) is 0 Å². The molecule has 1 N–H and O–H groups in total. The first-order chi connectivity index (χ1) is 11.6. The van der Waals surface area contributed by atoms with E-state index in [1.165, 1.54) is 17.5 Å². The molecule has 5 atom stereocenters. The van der Waals surface area contributed by atoms with E-state index in [0.29, 0.717) is 17.8 Å². The Morgan fingerprint density at radius 3 is 2.83 bits per heavy atom. The van der Waals surface area contributed by atoms with Crippen LogP contribution in [0.4, 0.5) is 0 Å². The van der Waals surface area contributed by atoms with Gasteiger partial charge in [-0.05, 0) is 86.0 Å². The molecule has 24 heavy (non-hydrogen) atoms. The molecule has 5 unspecified atom stereocenters. The topological polar surface area (TPSA) is 29.5 Å². The number of methoxy groups -OCH3 is 1. The average molecular weight is 324 g/mol. The van der Waals surface area contributed by atoms with Crippen molar-refractivity contribution in [3.8, 4) is 18.1 Å². The second kappa shape index (κ2) is 5.53. The van der Waals surface area contributed by atoms with E-state index in [1.54, 1.807) is 7.11 Å². The molecular formula is C22H28O2. The van der Waals surface area contributed by atoms with Gasteiger partial charge in [-0.3, -0.25) is 0 Å². The van der Waals surface area contributed by atoms with E-state index in [4.69, 9.17) is 11.2 Å². The van der Waals surface area contributed by atoms with Gasteiger partial charge in [-0.2, -0.15) is 0 Å². The highest BCUT2D eigenvalue weighted by Crippen LogP contribution is 2.65. The molecular weight excluding hydrogens is 296 g/mol. The molecule has 3 aliphatic rings. The average Bonchev–Trinajstić information content (AvgIpc) is 2.94. The predicted molar refractivity (Wildman–Crippen MR) is 96.0 cm³/mol. The summed E-state index contributed by atoms with van der Waals surface area (Å²) in [6.45, 7) is 2.22. The van der Waals surface area contributed by atoms with Crippen LogP contribution in [0.25, 0.3) is 0 Å². The van der Waals surface area contributed by atoms with E-state index >= 15 is 0 Å². The van der Waals surface area contributed by atoms with Crippen LogP contribution in [-0.4, -0.2) is 17.8 Å². The monoisotopic (exact) mass is 324 g/mol. The number of fused-ring (bicyclic) bond motifs is 5. The van der Waals surface area contributed by atoms with E-state index in [9.17, 15) is 5.11 Å². The standard InChI is InChI=1S/C22H28O2/c1-4-21-12-10-18-17-9-7-16(24-3)14-15(17)6-8-19(18)20(21)11-13-22(21,23)5-2/h2,7,9,14,18-20,23H,4,6,8,10-13H2,1,3H3. The van der Waals surface area contributed by atoms with E-state index in [-0.39, 0.29) is 5.41 Å². The summed E-state index contributed by atoms with van der Waals surface area (Å²) < 4.78 is 5.41. The minimum Gasteiger partial charge on any atom is -0.497 e. The number of hydrogen-bond donors (Lipinski definition) is 1. The number of aliphatic hydroxyl groups is 1. The molecule has 4 rings (SSSR count). The number of terminal acetylenes is 1. The van der Waals surface area contributed by atoms with Crippen LogP contribution in [0, 0.1) is 29.6 Å². The second-order valence-corrected chi connectivity index (χ2v) is 8.07. The van der Waals surface area contributed by atoms with E-state index in [2.05, 4.69) is 31.0 Å². The van der Waals surface area contributed by atoms with Crippen molar-refractivity contribution in [2.45, 2.75) is 63.4 Å². The van der Waals surface area contributed by atoms with Crippen molar-refractivity contribution in [3.05, 3.63) is 29.3 Å². The van der Waals surface area contributed by atoms with Crippen molar-refractivity contribution in [1.82, 2.24) is 0 Å². The molecule has 128 valence electrons. The van der Waals surface area contributed by atoms with Gasteiger partial charge in [0, 0.05) is 5.41 Å². The Hall–Kier alpha value is -1.46. The lowest BCUT2D eigenvalue weighted by molar-refractivity contribution is -0.0799. The zero-order chi connectivity index (χ0) is 16.9. The first kappa shape index (κ1) is 16.0. The molecule has 2 nitrogen and oxygen atoms in total. The number of ether oxygens (including phenoxy) is 1. The maximum atomic E-state index is 11.1. The normalized spacial score (nSPS) is 40.2. The Labute approximate surface area is 145 Å². The Morgan fingerprint density at radius 1 is 1.29 bits per heavy atom. The minimum absolute atomic E-state index is 0.0626. The molecule has 1 aromatic carbocycles. The minimum atomic E-state index is -0.891. The molecule has 0 spiro atoms. The zero-order valence-corrected chi connectivity index (χ0v) is 14.8. The van der Waals surface area contributed by atoms with Gasteiger partial charge >= 0.3 is 0 Å². The number of aryl methyl sites for hydroxylation is 1. The summed E-state index contributed by atoms with van der Waals surface area (Å²) in [6.07, 6.45) is 13.2. The van der Waals surface area contributed by atoms with Crippen molar-refractivity contribution in [2.75, 3.05) is 7.11 Å². The second-order valence-electron chi connectivity index (χ2n) is 8.07. The van der Waals surface area contributed by atoms with Gasteiger partial charge in [0.2, 0.25) is 0 Å². The van der Waals surface area contributed by atoms with Crippen molar-refractivity contribution >= 4 is 0 Å². The molecule has 0 amide bonds. The lowest BCUT2D eigenvalue weighted by Crippen LogP contribution is -2.51. The van der Waals surface area contributed by atoms with Gasteiger partial charge in [-0.1, -0.05) is 18.9 Å². The van der Waals surface area contributed by atoms with Gasteiger partial charge in [-0.25, -0.2) is 0 Å². The van der Waals surface area contributed by atoms with Gasteiger partial charge in [0.05, 0.1) is 7.11 Å². The van der Waals surface area contributed by atoms with Gasteiger partial charge in [0.1, 0.15) is 11.4 Å². The fraction of sp³-hybridized carbons (Fsp3) is 0.636. The Morgan fingerprint density at radius 2 is 2.12 bits per heavy atom. The third-order valence-electron chi connectivity index (χ3n) is 7.65. The molecule has 0 heterocycles. The Bertz CT molecular complexity index is 688. The smallest absolute Gasteiger partial charge is 0.131 e. The van der Waals surface area contributed by atoms with Crippen molar-refractivity contribution in [3.63, 3.8) is 0 Å². The van der Waals surface area contributed by atoms with E-state index in [1.807, 2.05) is 0 Å². The number of benzene rings is 1. The highest BCUT2D eigenvalue weighted by atomic mass is 16.5. The van der Waals surface area contributed by atoms with Crippen LogP contribution in [0.15, 0.2) is 18.2 Å². The molecule has 0 aliphatic heterocycles. The van der Waals surface area contributed by atoms with Crippen LogP contribution in [0.5, 0.6) is 5.75 Å². The maximum absolute atomic E-state index is 11.1. The Kier molecular flexibility index (Phi) is 3.69. The van der Waals surface area contributed by atoms with Gasteiger partial charge in [-0.15, -0.1) is 6.42 Å². The first-order valence-electron chi connectivity index (χ1n) is 9.45. The lowest BCUT2D eigenvalue weighted by Gasteiger charge is -2.53. The molecule has 0 radical (unpaired) electrons. The summed E-state index contributed by atoms with van der Waals surface area (Å²) in [7, 11) is 1.74. The van der Waals surface area contributed by atoms with Crippen LogP contribution in [-0.2, 0) is 6.42 Å². The largest absolute Gasteiger partial charge is 0.497 e. The summed E-state index contributed by atoms with van der Waals surface area (Å²) in [6, 6.07) is 6.61. The molecule has 0 saturated heterocycles. The predicted octanol–water partition coefficient (Wildman–Crippen LogP) is 4.31. The summed E-state index contributed by atoms with van der Waals surface area (Å²) in [5, 5.41) is 11.1. The van der Waals surface area contributed by atoms with Crippen LogP contribution in [0.2, 0.25) is 0 Å². The number of rotatable bonds is 2. The third-order valence-corrected chi connectivity index (χ3v) is 7.65. The quantitative estimate of drug-likeness (QED) is 0.822. The molecule has 2 saturated carbocycles. The molecule has 0 aromatic heterocycles. The van der Waals surface area contributed by atoms with E-state index in [0.717, 1.165) is 44.3 Å². The SMILES string of the molecule is C#CC1(O)CCC2C3CCc4cc(OC)ccc4C3CCC21CC. The molecule has 0 bridgehead atoms. The number of hydrogen-bond acceptors (Lipinski definition) is 2. The molecule has 3 aliphatic carbocycles. The van der Waals surface area contributed by atoms with Crippen LogP contribution in [0.3, 0.4) is 0 Å². The van der Waals surface area contributed by atoms with Crippen LogP contribution in [0.1, 0.15) is 62.5 Å². The lowest BCUT2D eigenvalue weighted by atomic mass is 9.52. The molecule has 2 fully saturated rings. The molecule has 2 heteroatoms. The Balaban J connectivity index is 1.71. The fourth-order valence-electron chi connectivity index (χ4n) is 6.47. The van der Waals surface area contributed by atoms with Gasteiger partial charge in [0.25, 0.3) is 0 Å². The highest BCUT2D eigenvalue weighted by Gasteiger charge is 2.62. The summed E-state index contributed by atoms with van der Waals surface area (Å²) in [5.74, 6) is 5.63. The van der Waals surface area contributed by atoms with Gasteiger partial charge in [0.15, 0.2) is 0 Å². The summed E-state index contributed by atoms with van der Waals surface area (Å²) >= 11 is 0. The first-order valence-corrected chi connectivity index (χ1v) is 9.45. The van der Waals surface area contributed by atoms with Crippen LogP contribution >= 0.6 is 0 Å².